The molecule has 2 atom stereocenters. The van der Waals surface area contributed by atoms with Crippen molar-refractivity contribution in [3.63, 3.8) is 0 Å². The first-order chi connectivity index (χ1) is 10.7. The van der Waals surface area contributed by atoms with Gasteiger partial charge in [0.15, 0.2) is 11.5 Å². The van der Waals surface area contributed by atoms with Crippen molar-refractivity contribution in [1.82, 2.24) is 4.90 Å². The number of hydrogen-bond acceptors (Lipinski definition) is 5. The van der Waals surface area contributed by atoms with Gasteiger partial charge in [-0.1, -0.05) is 6.07 Å². The molecule has 2 heterocycles. The summed E-state index contributed by atoms with van der Waals surface area (Å²) in [6, 6.07) is 5.69. The normalized spacial score (nSPS) is 23.9. The van der Waals surface area contributed by atoms with Gasteiger partial charge in [0.25, 0.3) is 0 Å². The molecule has 2 N–H and O–H groups in total. The lowest BCUT2D eigenvalue weighted by Gasteiger charge is -2.16. The van der Waals surface area contributed by atoms with E-state index < -0.39 is 11.9 Å². The molecule has 1 saturated heterocycles. The number of fused-ring (bicyclic) bond motifs is 1. The van der Waals surface area contributed by atoms with Crippen LogP contribution in [0.3, 0.4) is 0 Å². The first kappa shape index (κ1) is 15.1. The predicted octanol–water partition coefficient (Wildman–Crippen LogP) is 1.29. The Morgan fingerprint density at radius 3 is 2.82 bits per heavy atom. The molecule has 1 aromatic rings. The van der Waals surface area contributed by atoms with Crippen LogP contribution in [0, 0.1) is 5.92 Å². The molecule has 1 fully saturated rings. The smallest absolute Gasteiger partial charge is 0.308 e. The number of carboxylic acids is 1. The SMILES string of the molecule is O=C(O)[C@@H]1CN(CCCCO)C[C@H]1c1ccc2c(c1)OCO2. The van der Waals surface area contributed by atoms with Gasteiger partial charge in [-0.15, -0.1) is 0 Å². The number of benzene rings is 1. The van der Waals surface area contributed by atoms with Gasteiger partial charge in [-0.05, 0) is 37.1 Å². The van der Waals surface area contributed by atoms with Gasteiger partial charge in [0, 0.05) is 25.6 Å². The summed E-state index contributed by atoms with van der Waals surface area (Å²) < 4.78 is 10.7. The Hall–Kier alpha value is -1.79. The topological polar surface area (TPSA) is 79.2 Å². The van der Waals surface area contributed by atoms with E-state index in [2.05, 4.69) is 4.90 Å². The minimum atomic E-state index is -0.757. The van der Waals surface area contributed by atoms with Crippen molar-refractivity contribution in [3.05, 3.63) is 23.8 Å². The molecule has 0 radical (unpaired) electrons. The number of aliphatic hydroxyl groups is 1. The molecule has 0 spiro atoms. The lowest BCUT2D eigenvalue weighted by Crippen LogP contribution is -2.24. The first-order valence-corrected chi connectivity index (χ1v) is 7.64. The van der Waals surface area contributed by atoms with Crippen molar-refractivity contribution in [3.8, 4) is 11.5 Å². The third-order valence-corrected chi connectivity index (χ3v) is 4.42. The minimum Gasteiger partial charge on any atom is -0.481 e. The molecule has 0 bridgehead atoms. The summed E-state index contributed by atoms with van der Waals surface area (Å²) in [6.07, 6.45) is 1.64. The molecule has 120 valence electrons. The fraction of sp³-hybridized carbons (Fsp3) is 0.562. The number of carbonyl (C=O) groups is 1. The van der Waals surface area contributed by atoms with Crippen molar-refractivity contribution in [2.75, 3.05) is 33.0 Å². The third kappa shape index (κ3) is 3.03. The van der Waals surface area contributed by atoms with Gasteiger partial charge in [0.1, 0.15) is 0 Å². The highest BCUT2D eigenvalue weighted by Crippen LogP contribution is 2.39. The van der Waals surface area contributed by atoms with Crippen LogP contribution in [0.5, 0.6) is 11.5 Å². The van der Waals surface area contributed by atoms with E-state index in [9.17, 15) is 9.90 Å². The zero-order chi connectivity index (χ0) is 15.5. The third-order valence-electron chi connectivity index (χ3n) is 4.42. The van der Waals surface area contributed by atoms with Crippen molar-refractivity contribution in [2.45, 2.75) is 18.8 Å². The van der Waals surface area contributed by atoms with Crippen molar-refractivity contribution >= 4 is 5.97 Å². The van der Waals surface area contributed by atoms with Crippen LogP contribution in [0.15, 0.2) is 18.2 Å². The fourth-order valence-corrected chi connectivity index (χ4v) is 3.25. The number of aliphatic hydroxyl groups excluding tert-OH is 1. The number of carboxylic acid groups (broad SMARTS) is 1. The summed E-state index contributed by atoms with van der Waals surface area (Å²) in [7, 11) is 0. The number of ether oxygens (including phenoxy) is 2. The van der Waals surface area contributed by atoms with E-state index in [4.69, 9.17) is 14.6 Å². The maximum atomic E-state index is 11.6. The molecule has 2 aliphatic heterocycles. The Labute approximate surface area is 129 Å². The van der Waals surface area contributed by atoms with Crippen LogP contribution in [0.4, 0.5) is 0 Å². The predicted molar refractivity (Wildman–Crippen MR) is 79.2 cm³/mol. The van der Waals surface area contributed by atoms with Crippen LogP contribution >= 0.6 is 0 Å². The van der Waals surface area contributed by atoms with Crippen LogP contribution in [-0.2, 0) is 4.79 Å². The molecule has 0 aliphatic carbocycles. The van der Waals surface area contributed by atoms with Gasteiger partial charge in [-0.25, -0.2) is 0 Å². The van der Waals surface area contributed by atoms with E-state index in [0.717, 1.165) is 31.5 Å². The first-order valence-electron chi connectivity index (χ1n) is 7.64. The van der Waals surface area contributed by atoms with E-state index in [-0.39, 0.29) is 19.3 Å². The molecule has 0 aromatic heterocycles. The van der Waals surface area contributed by atoms with E-state index >= 15 is 0 Å². The Balaban J connectivity index is 1.74. The zero-order valence-electron chi connectivity index (χ0n) is 12.4. The monoisotopic (exact) mass is 307 g/mol. The Morgan fingerprint density at radius 2 is 2.05 bits per heavy atom. The molecule has 22 heavy (non-hydrogen) atoms. The van der Waals surface area contributed by atoms with Crippen LogP contribution < -0.4 is 9.47 Å². The largest absolute Gasteiger partial charge is 0.481 e. The second-order valence-electron chi connectivity index (χ2n) is 5.85. The molecule has 2 aliphatic rings. The van der Waals surface area contributed by atoms with E-state index in [1.54, 1.807) is 0 Å². The molecule has 6 heteroatoms. The average Bonchev–Trinajstić information content (AvgIpc) is 3.13. The number of unbranched alkanes of at least 4 members (excludes halogenated alkanes) is 1. The average molecular weight is 307 g/mol. The summed E-state index contributed by atoms with van der Waals surface area (Å²) in [6.45, 7) is 2.51. The summed E-state index contributed by atoms with van der Waals surface area (Å²) in [5.41, 5.74) is 0.987. The van der Waals surface area contributed by atoms with Gasteiger partial charge in [0.2, 0.25) is 6.79 Å². The van der Waals surface area contributed by atoms with E-state index in [1.807, 2.05) is 18.2 Å². The highest BCUT2D eigenvalue weighted by Gasteiger charge is 2.38. The molecule has 0 unspecified atom stereocenters. The number of aliphatic carboxylic acids is 1. The van der Waals surface area contributed by atoms with E-state index in [1.165, 1.54) is 0 Å². The summed E-state index contributed by atoms with van der Waals surface area (Å²) in [5, 5.41) is 18.4. The number of nitrogens with zero attached hydrogens (tertiary/aromatic N) is 1. The second-order valence-corrected chi connectivity index (χ2v) is 5.85. The maximum absolute atomic E-state index is 11.6. The maximum Gasteiger partial charge on any atom is 0.308 e. The highest BCUT2D eigenvalue weighted by molar-refractivity contribution is 5.72. The van der Waals surface area contributed by atoms with Gasteiger partial charge < -0.3 is 24.6 Å². The van der Waals surface area contributed by atoms with Gasteiger partial charge >= 0.3 is 5.97 Å². The number of hydrogen-bond donors (Lipinski definition) is 2. The fourth-order valence-electron chi connectivity index (χ4n) is 3.25. The van der Waals surface area contributed by atoms with Crippen molar-refractivity contribution in [1.29, 1.82) is 0 Å². The quantitative estimate of drug-likeness (QED) is 0.771. The van der Waals surface area contributed by atoms with Crippen LogP contribution in [-0.4, -0.2) is 54.1 Å². The van der Waals surface area contributed by atoms with E-state index in [0.29, 0.717) is 18.0 Å². The van der Waals surface area contributed by atoms with Gasteiger partial charge in [0.05, 0.1) is 5.92 Å². The summed E-state index contributed by atoms with van der Waals surface area (Å²) in [4.78, 5) is 13.7. The van der Waals surface area contributed by atoms with Crippen molar-refractivity contribution in [2.24, 2.45) is 5.92 Å². The molecular weight excluding hydrogens is 286 g/mol. The Bertz CT molecular complexity index is 547. The molecule has 0 amide bonds. The van der Waals surface area contributed by atoms with Crippen LogP contribution in [0.2, 0.25) is 0 Å². The molecule has 0 saturated carbocycles. The number of likely N-dealkylation sites (tertiary alicyclic amines) is 1. The van der Waals surface area contributed by atoms with Crippen LogP contribution in [0.1, 0.15) is 24.3 Å². The lowest BCUT2D eigenvalue weighted by molar-refractivity contribution is -0.141. The minimum absolute atomic E-state index is 0.0406. The van der Waals surface area contributed by atoms with Gasteiger partial charge in [-0.2, -0.15) is 0 Å². The molecule has 3 rings (SSSR count). The molecule has 1 aromatic carbocycles. The molecular formula is C16H21NO5. The second kappa shape index (κ2) is 6.54. The van der Waals surface area contributed by atoms with Gasteiger partial charge in [-0.3, -0.25) is 4.79 Å². The van der Waals surface area contributed by atoms with Crippen molar-refractivity contribution < 1.29 is 24.5 Å². The molecule has 6 nitrogen and oxygen atoms in total. The zero-order valence-corrected chi connectivity index (χ0v) is 12.4. The summed E-state index contributed by atoms with van der Waals surface area (Å²) >= 11 is 0. The Kier molecular flexibility index (Phi) is 4.49. The lowest BCUT2D eigenvalue weighted by atomic mass is 9.89. The highest BCUT2D eigenvalue weighted by atomic mass is 16.7. The number of rotatable bonds is 6. The Morgan fingerprint density at radius 1 is 1.23 bits per heavy atom. The van der Waals surface area contributed by atoms with Crippen LogP contribution in [0.25, 0.3) is 0 Å². The summed E-state index contributed by atoms with van der Waals surface area (Å²) in [5.74, 6) is 0.205. The standard InChI is InChI=1S/C16H21NO5/c18-6-2-1-5-17-8-12(13(9-17)16(19)20)11-3-4-14-15(7-11)22-10-21-14/h3-4,7,12-13,18H,1-2,5-6,8-10H2,(H,19,20)/t12-,13+/m0/s1.